The molecule has 0 spiro atoms. The third-order valence-electron chi connectivity index (χ3n) is 1.42. The van der Waals surface area contributed by atoms with E-state index in [0.29, 0.717) is 12.0 Å². The van der Waals surface area contributed by atoms with Gasteiger partial charge in [0.25, 0.3) is 0 Å². The Bertz CT molecular complexity index is 173. The second-order valence-electron chi connectivity index (χ2n) is 2.56. The number of hydrogen-bond acceptors (Lipinski definition) is 3. The Morgan fingerprint density at radius 1 is 1.58 bits per heavy atom. The van der Waals surface area contributed by atoms with E-state index in [0.717, 1.165) is 6.42 Å². The summed E-state index contributed by atoms with van der Waals surface area (Å²) in [5, 5.41) is 8.98. The van der Waals surface area contributed by atoms with Gasteiger partial charge in [-0.3, -0.25) is 0 Å². The van der Waals surface area contributed by atoms with Gasteiger partial charge in [-0.2, -0.15) is 0 Å². The lowest BCUT2D eigenvalue weighted by atomic mass is 10.2. The molecule has 0 bridgehead atoms. The van der Waals surface area contributed by atoms with Gasteiger partial charge in [0.1, 0.15) is 0 Å². The van der Waals surface area contributed by atoms with Crippen molar-refractivity contribution >= 4 is 5.97 Å². The molecular weight excluding hydrogens is 156 g/mol. The molecule has 70 valence electrons. The van der Waals surface area contributed by atoms with E-state index in [-0.39, 0.29) is 0 Å². The fraction of sp³-hybridized carbons (Fsp3) is 0.667. The number of allylic oxidation sites excluding steroid dienone is 1. The smallest absolute Gasteiger partial charge is 0.335 e. The SMILES string of the molecule is CCC=C(C)C(=O)OC(O)CC. The summed E-state index contributed by atoms with van der Waals surface area (Å²) in [5.41, 5.74) is 0.546. The summed E-state index contributed by atoms with van der Waals surface area (Å²) >= 11 is 0. The summed E-state index contributed by atoms with van der Waals surface area (Å²) in [6.07, 6.45) is 2.01. The van der Waals surface area contributed by atoms with Crippen molar-refractivity contribution in [1.82, 2.24) is 0 Å². The van der Waals surface area contributed by atoms with Crippen molar-refractivity contribution in [2.24, 2.45) is 0 Å². The highest BCUT2D eigenvalue weighted by Crippen LogP contribution is 2.02. The average Bonchev–Trinajstić information content (AvgIpc) is 2.04. The molecule has 0 saturated heterocycles. The number of esters is 1. The Morgan fingerprint density at radius 3 is 2.58 bits per heavy atom. The number of ether oxygens (including phenoxy) is 1. The van der Waals surface area contributed by atoms with E-state index >= 15 is 0 Å². The highest BCUT2D eigenvalue weighted by atomic mass is 16.6. The van der Waals surface area contributed by atoms with Gasteiger partial charge in [0.2, 0.25) is 6.29 Å². The Hall–Kier alpha value is -0.830. The third kappa shape index (κ3) is 4.13. The van der Waals surface area contributed by atoms with E-state index in [4.69, 9.17) is 5.11 Å². The van der Waals surface area contributed by atoms with Gasteiger partial charge >= 0.3 is 5.97 Å². The van der Waals surface area contributed by atoms with Crippen LogP contribution in [0.4, 0.5) is 0 Å². The first kappa shape index (κ1) is 11.2. The summed E-state index contributed by atoms with van der Waals surface area (Å²) in [7, 11) is 0. The molecule has 12 heavy (non-hydrogen) atoms. The summed E-state index contributed by atoms with van der Waals surface area (Å²) in [6, 6.07) is 0. The molecule has 0 radical (unpaired) electrons. The molecule has 1 unspecified atom stereocenters. The number of carbonyl (C=O) groups excluding carboxylic acids is 1. The molecule has 0 rings (SSSR count). The van der Waals surface area contributed by atoms with Crippen molar-refractivity contribution in [3.05, 3.63) is 11.6 Å². The number of carbonyl (C=O) groups is 1. The van der Waals surface area contributed by atoms with Crippen molar-refractivity contribution in [2.75, 3.05) is 0 Å². The zero-order valence-electron chi connectivity index (χ0n) is 7.83. The van der Waals surface area contributed by atoms with Crippen molar-refractivity contribution in [3.8, 4) is 0 Å². The number of aliphatic hydroxyl groups is 1. The van der Waals surface area contributed by atoms with Gasteiger partial charge in [0.05, 0.1) is 0 Å². The summed E-state index contributed by atoms with van der Waals surface area (Å²) in [5.74, 6) is -0.439. The summed E-state index contributed by atoms with van der Waals surface area (Å²) < 4.78 is 4.66. The van der Waals surface area contributed by atoms with Crippen LogP contribution in [0, 0.1) is 0 Å². The molecule has 1 atom stereocenters. The molecule has 3 heteroatoms. The van der Waals surface area contributed by atoms with E-state index < -0.39 is 12.3 Å². The average molecular weight is 172 g/mol. The van der Waals surface area contributed by atoms with Crippen molar-refractivity contribution in [2.45, 2.75) is 39.9 Å². The van der Waals surface area contributed by atoms with Gasteiger partial charge in [0.15, 0.2) is 0 Å². The van der Waals surface area contributed by atoms with Crippen LogP contribution in [0.2, 0.25) is 0 Å². The van der Waals surface area contributed by atoms with Crippen molar-refractivity contribution in [3.63, 3.8) is 0 Å². The van der Waals surface area contributed by atoms with Crippen LogP contribution in [0.25, 0.3) is 0 Å². The van der Waals surface area contributed by atoms with Crippen molar-refractivity contribution in [1.29, 1.82) is 0 Å². The zero-order chi connectivity index (χ0) is 9.56. The molecule has 0 aromatic heterocycles. The lowest BCUT2D eigenvalue weighted by Gasteiger charge is -2.09. The molecule has 0 aliphatic carbocycles. The normalized spacial score (nSPS) is 14.2. The lowest BCUT2D eigenvalue weighted by molar-refractivity contribution is -0.163. The van der Waals surface area contributed by atoms with Gasteiger partial charge in [-0.25, -0.2) is 4.79 Å². The molecular formula is C9H16O3. The summed E-state index contributed by atoms with van der Waals surface area (Å²) in [6.45, 7) is 5.36. The van der Waals surface area contributed by atoms with E-state index in [9.17, 15) is 4.79 Å². The van der Waals surface area contributed by atoms with Crippen LogP contribution in [0.3, 0.4) is 0 Å². The summed E-state index contributed by atoms with van der Waals surface area (Å²) in [4.78, 5) is 11.1. The Labute approximate surface area is 73.0 Å². The molecule has 0 aliphatic heterocycles. The second-order valence-corrected chi connectivity index (χ2v) is 2.56. The van der Waals surface area contributed by atoms with E-state index in [1.807, 2.05) is 6.92 Å². The molecule has 0 heterocycles. The highest BCUT2D eigenvalue weighted by Gasteiger charge is 2.09. The molecule has 3 nitrogen and oxygen atoms in total. The van der Waals surface area contributed by atoms with Crippen LogP contribution < -0.4 is 0 Å². The standard InChI is InChI=1S/C9H16O3/c1-4-6-7(3)9(11)12-8(10)5-2/h6,8,10H,4-5H2,1-3H3. The first-order valence-electron chi connectivity index (χ1n) is 4.17. The van der Waals surface area contributed by atoms with Crippen LogP contribution in [-0.2, 0) is 9.53 Å². The van der Waals surface area contributed by atoms with Gasteiger partial charge in [-0.1, -0.05) is 19.9 Å². The zero-order valence-corrected chi connectivity index (χ0v) is 7.83. The van der Waals surface area contributed by atoms with Crippen molar-refractivity contribution < 1.29 is 14.6 Å². The van der Waals surface area contributed by atoms with Gasteiger partial charge in [-0.15, -0.1) is 0 Å². The van der Waals surface area contributed by atoms with Crippen LogP contribution in [0.15, 0.2) is 11.6 Å². The number of aliphatic hydroxyl groups excluding tert-OH is 1. The number of rotatable bonds is 4. The first-order valence-corrected chi connectivity index (χ1v) is 4.17. The minimum absolute atomic E-state index is 0.422. The maximum Gasteiger partial charge on any atom is 0.335 e. The van der Waals surface area contributed by atoms with Crippen LogP contribution >= 0.6 is 0 Å². The van der Waals surface area contributed by atoms with Gasteiger partial charge in [-0.05, 0) is 13.3 Å². The van der Waals surface area contributed by atoms with Crippen LogP contribution in [0.1, 0.15) is 33.6 Å². The van der Waals surface area contributed by atoms with E-state index in [2.05, 4.69) is 4.74 Å². The topological polar surface area (TPSA) is 46.5 Å². The molecule has 0 aliphatic rings. The Kier molecular flexibility index (Phi) is 5.37. The van der Waals surface area contributed by atoms with Gasteiger partial charge < -0.3 is 9.84 Å². The predicted octanol–water partition coefficient (Wildman–Crippen LogP) is 1.61. The van der Waals surface area contributed by atoms with E-state index in [1.165, 1.54) is 0 Å². The first-order chi connectivity index (χ1) is 5.61. The highest BCUT2D eigenvalue weighted by molar-refractivity contribution is 5.87. The minimum atomic E-state index is -0.974. The molecule has 1 N–H and O–H groups in total. The van der Waals surface area contributed by atoms with Gasteiger partial charge in [0, 0.05) is 12.0 Å². The lowest BCUT2D eigenvalue weighted by Crippen LogP contribution is -2.17. The van der Waals surface area contributed by atoms with Crippen LogP contribution in [-0.4, -0.2) is 17.4 Å². The second kappa shape index (κ2) is 5.77. The van der Waals surface area contributed by atoms with E-state index in [1.54, 1.807) is 19.9 Å². The monoisotopic (exact) mass is 172 g/mol. The Morgan fingerprint density at radius 2 is 2.17 bits per heavy atom. The fourth-order valence-corrected chi connectivity index (χ4v) is 0.689. The van der Waals surface area contributed by atoms with Crippen LogP contribution in [0.5, 0.6) is 0 Å². The molecule has 0 aromatic rings. The molecule has 0 amide bonds. The molecule has 0 saturated carbocycles. The maximum absolute atomic E-state index is 11.1. The molecule has 0 fully saturated rings. The quantitative estimate of drug-likeness (QED) is 0.398. The minimum Gasteiger partial charge on any atom is -0.433 e. The number of hydrogen-bond donors (Lipinski definition) is 1. The predicted molar refractivity (Wildman–Crippen MR) is 46.4 cm³/mol. The maximum atomic E-state index is 11.1. The largest absolute Gasteiger partial charge is 0.433 e. The third-order valence-corrected chi connectivity index (χ3v) is 1.42. The molecule has 0 aromatic carbocycles. The fourth-order valence-electron chi connectivity index (χ4n) is 0.689. The Balaban J connectivity index is 3.95.